The first kappa shape index (κ1) is 47.1. The Balaban J connectivity index is 1.99. The molecule has 0 bridgehead atoms. The van der Waals surface area contributed by atoms with Crippen molar-refractivity contribution in [3.63, 3.8) is 0 Å². The molecule has 0 saturated heterocycles. The molecule has 0 fully saturated rings. The molecule has 4 atom stereocenters. The Morgan fingerprint density at radius 2 is 1.46 bits per heavy atom. The zero-order chi connectivity index (χ0) is 42.7. The second-order valence-electron chi connectivity index (χ2n) is 13.6. The Hall–Kier alpha value is -6.05. The van der Waals surface area contributed by atoms with E-state index in [-0.39, 0.29) is 58.6 Å². The van der Waals surface area contributed by atoms with Crippen LogP contribution in [0.5, 0.6) is 0 Å². The van der Waals surface area contributed by atoms with Gasteiger partial charge in [0.1, 0.15) is 24.8 Å². The number of nitrogens with zero attached hydrogens (tertiary/aromatic N) is 1. The van der Waals surface area contributed by atoms with Gasteiger partial charge in [0.2, 0.25) is 23.6 Å². The lowest BCUT2D eigenvalue weighted by molar-refractivity contribution is -0.147. The Kier molecular flexibility index (Phi) is 19.6. The van der Waals surface area contributed by atoms with Gasteiger partial charge in [0, 0.05) is 37.2 Å². The van der Waals surface area contributed by atoms with Gasteiger partial charge in [-0.2, -0.15) is 0 Å². The van der Waals surface area contributed by atoms with Crippen molar-refractivity contribution in [2.45, 2.75) is 91.1 Å². The van der Waals surface area contributed by atoms with Crippen molar-refractivity contribution in [3.05, 3.63) is 42.0 Å². The molecule has 0 radical (unpaired) electrons. The maximum atomic E-state index is 13.4. The van der Waals surface area contributed by atoms with Gasteiger partial charge in [-0.05, 0) is 42.4 Å². The molecule has 0 spiro atoms. The number of carbonyl (C=O) groups is 9. The number of imide groups is 1. The average molecular weight is 804 g/mol. The molecule has 2 rings (SSSR count). The normalized spacial score (nSPS) is 14.3. The van der Waals surface area contributed by atoms with Gasteiger partial charge >= 0.3 is 18.2 Å². The van der Waals surface area contributed by atoms with Gasteiger partial charge in [0.15, 0.2) is 6.04 Å². The summed E-state index contributed by atoms with van der Waals surface area (Å²) in [5.41, 5.74) is 5.94. The number of primary amides is 1. The molecule has 8 amide bonds. The number of benzene rings is 1. The fourth-order valence-corrected chi connectivity index (χ4v) is 5.25. The molecule has 0 aromatic heterocycles. The second kappa shape index (κ2) is 23.8. The highest BCUT2D eigenvalue weighted by Crippen LogP contribution is 2.16. The van der Waals surface area contributed by atoms with Crippen molar-refractivity contribution >= 4 is 59.3 Å². The molecule has 314 valence electrons. The third-order valence-electron chi connectivity index (χ3n) is 8.40. The van der Waals surface area contributed by atoms with E-state index >= 15 is 0 Å². The quantitative estimate of drug-likeness (QED) is 0.0431. The zero-order valence-electron chi connectivity index (χ0n) is 32.7. The van der Waals surface area contributed by atoms with Gasteiger partial charge in [0.05, 0.1) is 19.8 Å². The Bertz CT molecular complexity index is 1610. The lowest BCUT2D eigenvalue weighted by Crippen LogP contribution is -2.54. The van der Waals surface area contributed by atoms with Crippen LogP contribution in [-0.2, 0) is 54.4 Å². The van der Waals surface area contributed by atoms with Crippen LogP contribution in [0.3, 0.4) is 0 Å². The number of carboxylic acid groups (broad SMARTS) is 1. The SMILES string of the molecule is CCC(=O)N[C@H](C(=O)O)[C@H](OC(=O)OCc1ccc(NC(=O)[C@H](CCCNC(N)=O)NC(=O)[C@@H](NC(=O)CCOCCN2C(=O)C=CC2=O)C(C)C)cc1)C(C)C. The first-order valence-electron chi connectivity index (χ1n) is 18.4. The van der Waals surface area contributed by atoms with Crippen molar-refractivity contribution in [3.8, 4) is 0 Å². The number of urea groups is 1. The Morgan fingerprint density at radius 3 is 2.02 bits per heavy atom. The highest BCUT2D eigenvalue weighted by Gasteiger charge is 2.35. The van der Waals surface area contributed by atoms with E-state index in [1.165, 1.54) is 12.1 Å². The standard InChI is InChI=1S/C37H53N7O13/c1-6-26(45)42-31(35(51)52)32(22(4)5)57-37(54)56-20-23-9-11-24(12-10-23)40-33(49)25(8-7-16-39-36(38)53)41-34(50)30(21(2)3)43-27(46)15-18-55-19-17-44-28(47)13-14-29(44)48/h9-14,21-22,25,30-32H,6-8,15-20H2,1-5H3,(H,40,49)(H,41,50)(H,42,45)(H,43,46)(H,51,52)(H3,38,39,53)/t25-,30-,31-,32+/m0/s1. The van der Waals surface area contributed by atoms with Gasteiger partial charge in [-0.1, -0.05) is 46.8 Å². The number of hydrogen-bond donors (Lipinski definition) is 7. The third-order valence-corrected chi connectivity index (χ3v) is 8.40. The van der Waals surface area contributed by atoms with Crippen LogP contribution in [0.4, 0.5) is 15.3 Å². The summed E-state index contributed by atoms with van der Waals surface area (Å²) in [6, 6.07) is 1.74. The summed E-state index contributed by atoms with van der Waals surface area (Å²) in [5, 5.41) is 22.4. The lowest BCUT2D eigenvalue weighted by Gasteiger charge is -2.27. The van der Waals surface area contributed by atoms with Crippen LogP contribution in [0.1, 0.15) is 65.9 Å². The van der Waals surface area contributed by atoms with E-state index in [1.54, 1.807) is 46.8 Å². The molecule has 1 heterocycles. The number of nitrogens with two attached hydrogens (primary N) is 1. The summed E-state index contributed by atoms with van der Waals surface area (Å²) in [7, 11) is 0. The summed E-state index contributed by atoms with van der Waals surface area (Å²) in [6.45, 7) is 8.07. The van der Waals surface area contributed by atoms with Gasteiger partial charge in [-0.15, -0.1) is 0 Å². The molecule has 20 nitrogen and oxygen atoms in total. The molecule has 0 aliphatic carbocycles. The van der Waals surface area contributed by atoms with Gasteiger partial charge in [0.25, 0.3) is 11.8 Å². The van der Waals surface area contributed by atoms with Crippen molar-refractivity contribution in [2.24, 2.45) is 17.6 Å². The Morgan fingerprint density at radius 1 is 0.825 bits per heavy atom. The second-order valence-corrected chi connectivity index (χ2v) is 13.6. The molecule has 0 unspecified atom stereocenters. The van der Waals surface area contributed by atoms with E-state index in [0.717, 1.165) is 17.1 Å². The number of ether oxygens (including phenoxy) is 3. The van der Waals surface area contributed by atoms with Crippen LogP contribution < -0.4 is 32.3 Å². The van der Waals surface area contributed by atoms with Crippen molar-refractivity contribution < 1.29 is 62.5 Å². The predicted molar refractivity (Wildman–Crippen MR) is 202 cm³/mol. The van der Waals surface area contributed by atoms with Gasteiger partial charge in [-0.3, -0.25) is 33.7 Å². The minimum absolute atomic E-state index is 0.0185. The van der Waals surface area contributed by atoms with Crippen LogP contribution in [0.15, 0.2) is 36.4 Å². The molecule has 8 N–H and O–H groups in total. The highest BCUT2D eigenvalue weighted by molar-refractivity contribution is 6.12. The average Bonchev–Trinajstić information content (AvgIpc) is 3.47. The monoisotopic (exact) mass is 803 g/mol. The summed E-state index contributed by atoms with van der Waals surface area (Å²) in [6.07, 6.45) is 0.192. The van der Waals surface area contributed by atoms with Crippen LogP contribution in [-0.4, -0.2) is 114 Å². The number of amides is 8. The molecule has 1 aromatic rings. The van der Waals surface area contributed by atoms with Gasteiger partial charge < -0.3 is 51.6 Å². The minimum atomic E-state index is -1.49. The molecule has 20 heteroatoms. The summed E-state index contributed by atoms with van der Waals surface area (Å²) in [4.78, 5) is 111. The van der Waals surface area contributed by atoms with E-state index in [2.05, 4.69) is 26.6 Å². The molecular weight excluding hydrogens is 750 g/mol. The molecule has 1 aliphatic rings. The largest absolute Gasteiger partial charge is 0.508 e. The number of rotatable bonds is 24. The van der Waals surface area contributed by atoms with Crippen molar-refractivity contribution in [2.75, 3.05) is 31.6 Å². The fourth-order valence-electron chi connectivity index (χ4n) is 5.25. The van der Waals surface area contributed by atoms with E-state index in [4.69, 9.17) is 19.9 Å². The number of carboxylic acids is 1. The summed E-state index contributed by atoms with van der Waals surface area (Å²) in [5.74, 6) is -5.42. The number of aliphatic carboxylic acids is 1. The predicted octanol–water partition coefficient (Wildman–Crippen LogP) is 0.688. The van der Waals surface area contributed by atoms with Crippen LogP contribution in [0, 0.1) is 11.8 Å². The van der Waals surface area contributed by atoms with E-state index in [0.29, 0.717) is 11.3 Å². The smallest absolute Gasteiger partial charge is 0.480 e. The van der Waals surface area contributed by atoms with Crippen LogP contribution in [0.25, 0.3) is 0 Å². The first-order valence-corrected chi connectivity index (χ1v) is 18.4. The molecular formula is C37H53N7O13. The maximum Gasteiger partial charge on any atom is 0.508 e. The summed E-state index contributed by atoms with van der Waals surface area (Å²) >= 11 is 0. The van der Waals surface area contributed by atoms with E-state index in [9.17, 15) is 48.3 Å². The zero-order valence-corrected chi connectivity index (χ0v) is 32.7. The fraction of sp³-hybridized carbons (Fsp3) is 0.541. The molecule has 1 aliphatic heterocycles. The Labute approximate surface area is 329 Å². The highest BCUT2D eigenvalue weighted by atomic mass is 16.7. The van der Waals surface area contributed by atoms with Crippen LogP contribution in [0.2, 0.25) is 0 Å². The lowest BCUT2D eigenvalue weighted by atomic mass is 9.99. The first-order chi connectivity index (χ1) is 26.9. The third kappa shape index (κ3) is 16.7. The number of hydrogen-bond acceptors (Lipinski definition) is 12. The number of carbonyl (C=O) groups excluding carboxylic acids is 8. The van der Waals surface area contributed by atoms with Gasteiger partial charge in [-0.25, -0.2) is 14.4 Å². The number of nitrogens with one attached hydrogen (secondary N) is 5. The van der Waals surface area contributed by atoms with Crippen molar-refractivity contribution in [1.82, 2.24) is 26.2 Å². The number of anilines is 1. The molecule has 0 saturated carbocycles. The summed E-state index contributed by atoms with van der Waals surface area (Å²) < 4.78 is 15.8. The molecule has 57 heavy (non-hydrogen) atoms. The van der Waals surface area contributed by atoms with Crippen molar-refractivity contribution in [1.29, 1.82) is 0 Å². The van der Waals surface area contributed by atoms with E-state index < -0.39 is 89.7 Å². The molecule has 1 aromatic carbocycles. The topological polar surface area (TPSA) is 291 Å². The van der Waals surface area contributed by atoms with E-state index in [1.807, 2.05) is 0 Å². The van der Waals surface area contributed by atoms with Crippen LogP contribution >= 0.6 is 0 Å². The maximum absolute atomic E-state index is 13.4. The minimum Gasteiger partial charge on any atom is -0.480 e.